The molecule has 1 saturated heterocycles. The predicted octanol–water partition coefficient (Wildman–Crippen LogP) is 2.43. The highest BCUT2D eigenvalue weighted by atomic mass is 35.5. The van der Waals surface area contributed by atoms with Gasteiger partial charge in [-0.1, -0.05) is 17.7 Å². The van der Waals surface area contributed by atoms with Crippen LogP contribution in [0.4, 0.5) is 25.0 Å². The standard InChI is InChI=1S/C16H16ClF2N5O3/c17-13-12(7-20-23-14(13)25)24-5-4-10(8-24)22-16(26)21-9-2-1-3-11(6-9)27-15(18)19/h1-3,6-7,10,15H,4-5,8H2,(H,23,25)(H2,21,22,26)/t10-/m1/s1. The summed E-state index contributed by atoms with van der Waals surface area (Å²) in [6, 6.07) is 5.05. The summed E-state index contributed by atoms with van der Waals surface area (Å²) in [7, 11) is 0. The van der Waals surface area contributed by atoms with Gasteiger partial charge in [-0.15, -0.1) is 0 Å². The quantitative estimate of drug-likeness (QED) is 0.717. The molecule has 0 spiro atoms. The summed E-state index contributed by atoms with van der Waals surface area (Å²) in [6.07, 6.45) is 2.10. The topological polar surface area (TPSA) is 99.3 Å². The molecule has 0 bridgehead atoms. The van der Waals surface area contributed by atoms with Crippen molar-refractivity contribution >= 4 is 29.0 Å². The van der Waals surface area contributed by atoms with E-state index in [1.54, 1.807) is 6.07 Å². The van der Waals surface area contributed by atoms with Gasteiger partial charge in [-0.05, 0) is 18.6 Å². The molecule has 8 nitrogen and oxygen atoms in total. The number of carbonyl (C=O) groups excluding carboxylic acids is 1. The van der Waals surface area contributed by atoms with Gasteiger partial charge < -0.3 is 20.3 Å². The second kappa shape index (κ2) is 8.21. The number of nitrogens with zero attached hydrogens (tertiary/aromatic N) is 2. The summed E-state index contributed by atoms with van der Waals surface area (Å²) in [5.41, 5.74) is 0.346. The number of hydrogen-bond acceptors (Lipinski definition) is 5. The minimum atomic E-state index is -2.94. The first kappa shape index (κ1) is 18.9. The van der Waals surface area contributed by atoms with Gasteiger partial charge in [0.1, 0.15) is 10.8 Å². The number of ether oxygens (including phenoxy) is 1. The van der Waals surface area contributed by atoms with Crippen molar-refractivity contribution in [1.82, 2.24) is 15.5 Å². The van der Waals surface area contributed by atoms with Crippen LogP contribution in [0, 0.1) is 0 Å². The number of urea groups is 1. The van der Waals surface area contributed by atoms with Crippen LogP contribution < -0.4 is 25.8 Å². The minimum absolute atomic E-state index is 0.0472. The summed E-state index contributed by atoms with van der Waals surface area (Å²) < 4.78 is 28.8. The summed E-state index contributed by atoms with van der Waals surface area (Å²) in [6.45, 7) is -1.90. The molecule has 1 aromatic carbocycles. The lowest BCUT2D eigenvalue weighted by atomic mass is 10.2. The van der Waals surface area contributed by atoms with Crippen molar-refractivity contribution in [2.75, 3.05) is 23.3 Å². The van der Waals surface area contributed by atoms with E-state index in [0.29, 0.717) is 30.9 Å². The van der Waals surface area contributed by atoms with Crippen LogP contribution in [0.2, 0.25) is 5.02 Å². The second-order valence-electron chi connectivity index (χ2n) is 5.83. The van der Waals surface area contributed by atoms with Crippen molar-refractivity contribution in [1.29, 1.82) is 0 Å². The Hall–Kier alpha value is -2.88. The van der Waals surface area contributed by atoms with E-state index in [-0.39, 0.29) is 16.8 Å². The van der Waals surface area contributed by atoms with E-state index < -0.39 is 18.2 Å². The number of hydrogen-bond donors (Lipinski definition) is 3. The first-order chi connectivity index (χ1) is 12.9. The molecule has 11 heteroatoms. The molecule has 1 fully saturated rings. The van der Waals surface area contributed by atoms with Crippen molar-refractivity contribution in [3.63, 3.8) is 0 Å². The second-order valence-corrected chi connectivity index (χ2v) is 6.21. The largest absolute Gasteiger partial charge is 0.435 e. The number of H-pyrrole nitrogens is 1. The number of rotatable bonds is 5. The lowest BCUT2D eigenvalue weighted by molar-refractivity contribution is -0.0497. The number of aromatic nitrogens is 2. The van der Waals surface area contributed by atoms with Crippen LogP contribution in [-0.2, 0) is 0 Å². The van der Waals surface area contributed by atoms with Crippen LogP contribution in [0.15, 0.2) is 35.3 Å². The van der Waals surface area contributed by atoms with Crippen LogP contribution in [-0.4, -0.2) is 42.0 Å². The highest BCUT2D eigenvalue weighted by Gasteiger charge is 2.26. The SMILES string of the molecule is O=C(Nc1cccc(OC(F)F)c1)N[C@@H]1CCN(c2cn[nH]c(=O)c2Cl)C1. The molecule has 0 unspecified atom stereocenters. The van der Waals surface area contributed by atoms with Crippen molar-refractivity contribution in [2.24, 2.45) is 0 Å². The average molecular weight is 400 g/mol. The average Bonchev–Trinajstić information content (AvgIpc) is 3.05. The maximum absolute atomic E-state index is 12.3. The Morgan fingerprint density at radius 3 is 3.04 bits per heavy atom. The molecule has 3 N–H and O–H groups in total. The monoisotopic (exact) mass is 399 g/mol. The summed E-state index contributed by atoms with van der Waals surface area (Å²) in [4.78, 5) is 25.5. The Labute approximate surface area is 157 Å². The highest BCUT2D eigenvalue weighted by Crippen LogP contribution is 2.25. The third-order valence-electron chi connectivity index (χ3n) is 3.96. The normalized spacial score (nSPS) is 16.4. The van der Waals surface area contributed by atoms with Crippen LogP contribution in [0.5, 0.6) is 5.75 Å². The van der Waals surface area contributed by atoms with E-state index in [4.69, 9.17) is 11.6 Å². The smallest absolute Gasteiger partial charge is 0.387 e. The van der Waals surface area contributed by atoms with E-state index in [1.165, 1.54) is 24.4 Å². The van der Waals surface area contributed by atoms with Crippen LogP contribution in [0.25, 0.3) is 0 Å². The van der Waals surface area contributed by atoms with Crippen molar-refractivity contribution in [3.8, 4) is 5.75 Å². The fourth-order valence-electron chi connectivity index (χ4n) is 2.79. The van der Waals surface area contributed by atoms with E-state index in [0.717, 1.165) is 0 Å². The molecule has 1 aliphatic heterocycles. The number of halogens is 3. The summed E-state index contributed by atoms with van der Waals surface area (Å²) >= 11 is 5.99. The molecule has 1 aromatic heterocycles. The number of amides is 2. The third-order valence-corrected chi connectivity index (χ3v) is 4.32. The molecular weight excluding hydrogens is 384 g/mol. The minimum Gasteiger partial charge on any atom is -0.435 e. The van der Waals surface area contributed by atoms with E-state index in [2.05, 4.69) is 25.6 Å². The first-order valence-corrected chi connectivity index (χ1v) is 8.40. The predicted molar refractivity (Wildman–Crippen MR) is 95.7 cm³/mol. The number of aromatic amines is 1. The number of alkyl halides is 2. The van der Waals surface area contributed by atoms with Crippen LogP contribution >= 0.6 is 11.6 Å². The Morgan fingerprint density at radius 2 is 2.26 bits per heavy atom. The van der Waals surface area contributed by atoms with E-state index in [9.17, 15) is 18.4 Å². The zero-order valence-electron chi connectivity index (χ0n) is 13.9. The number of carbonyl (C=O) groups is 1. The lowest BCUT2D eigenvalue weighted by Crippen LogP contribution is -2.39. The van der Waals surface area contributed by atoms with Gasteiger partial charge in [-0.3, -0.25) is 4.79 Å². The molecule has 27 heavy (non-hydrogen) atoms. The van der Waals surface area contributed by atoms with E-state index >= 15 is 0 Å². The number of nitrogens with one attached hydrogen (secondary N) is 3. The van der Waals surface area contributed by atoms with Crippen LogP contribution in [0.3, 0.4) is 0 Å². The fraction of sp³-hybridized carbons (Fsp3) is 0.312. The fourth-order valence-corrected chi connectivity index (χ4v) is 3.00. The molecule has 0 aliphatic carbocycles. The highest BCUT2D eigenvalue weighted by molar-refractivity contribution is 6.33. The molecule has 2 amide bonds. The summed E-state index contributed by atoms with van der Waals surface area (Å²) in [5, 5.41) is 11.4. The molecular formula is C16H16ClF2N5O3. The Morgan fingerprint density at radius 1 is 1.44 bits per heavy atom. The van der Waals surface area contributed by atoms with Gasteiger partial charge in [0.25, 0.3) is 5.56 Å². The molecule has 144 valence electrons. The van der Waals surface area contributed by atoms with Crippen molar-refractivity contribution in [3.05, 3.63) is 45.8 Å². The van der Waals surface area contributed by atoms with Crippen molar-refractivity contribution in [2.45, 2.75) is 19.1 Å². The van der Waals surface area contributed by atoms with Gasteiger partial charge in [0.15, 0.2) is 0 Å². The zero-order chi connectivity index (χ0) is 19.4. The Balaban J connectivity index is 1.56. The number of benzene rings is 1. The van der Waals surface area contributed by atoms with Crippen molar-refractivity contribution < 1.29 is 18.3 Å². The number of anilines is 2. The maximum atomic E-state index is 12.3. The van der Waals surface area contributed by atoms with Gasteiger partial charge in [-0.2, -0.15) is 13.9 Å². The lowest BCUT2D eigenvalue weighted by Gasteiger charge is -2.19. The molecule has 1 atom stereocenters. The third kappa shape index (κ3) is 4.85. The van der Waals surface area contributed by atoms with Crippen LogP contribution in [0.1, 0.15) is 6.42 Å². The Kier molecular flexibility index (Phi) is 5.75. The maximum Gasteiger partial charge on any atom is 0.387 e. The van der Waals surface area contributed by atoms with Gasteiger partial charge in [0.05, 0.1) is 11.9 Å². The molecule has 2 heterocycles. The molecule has 3 rings (SSSR count). The zero-order valence-corrected chi connectivity index (χ0v) is 14.7. The van der Waals surface area contributed by atoms with Gasteiger partial charge in [0, 0.05) is 30.9 Å². The molecule has 2 aromatic rings. The van der Waals surface area contributed by atoms with E-state index in [1.807, 2.05) is 4.90 Å². The molecule has 0 radical (unpaired) electrons. The Bertz CT molecular complexity index is 879. The molecule has 0 saturated carbocycles. The van der Waals surface area contributed by atoms with Gasteiger partial charge >= 0.3 is 12.6 Å². The summed E-state index contributed by atoms with van der Waals surface area (Å²) in [5.74, 6) is -0.0497. The molecule has 1 aliphatic rings. The first-order valence-electron chi connectivity index (χ1n) is 8.03. The van der Waals surface area contributed by atoms with Gasteiger partial charge in [0.2, 0.25) is 0 Å². The van der Waals surface area contributed by atoms with Gasteiger partial charge in [-0.25, -0.2) is 9.89 Å².